The van der Waals surface area contributed by atoms with Crippen LogP contribution in [0.2, 0.25) is 10.0 Å². The normalized spacial score (nSPS) is 11.6. The smallest absolute Gasteiger partial charge is 0.261 e. The zero-order chi connectivity index (χ0) is 20.5. The van der Waals surface area contributed by atoms with E-state index in [1.54, 1.807) is 37.3 Å². The Balaban J connectivity index is 2.16. The number of rotatable bonds is 9. The van der Waals surface area contributed by atoms with Gasteiger partial charge in [0.2, 0.25) is 5.91 Å². The van der Waals surface area contributed by atoms with Crippen molar-refractivity contribution in [2.45, 2.75) is 32.9 Å². The highest BCUT2D eigenvalue weighted by molar-refractivity contribution is 6.35. The van der Waals surface area contributed by atoms with Crippen LogP contribution in [0.25, 0.3) is 0 Å². The number of carbonyl (C=O) groups excluding carboxylic acids is 2. The van der Waals surface area contributed by atoms with Crippen molar-refractivity contribution in [2.75, 3.05) is 13.2 Å². The first-order valence-electron chi connectivity index (χ1n) is 9.11. The fourth-order valence-corrected chi connectivity index (χ4v) is 3.02. The van der Waals surface area contributed by atoms with Gasteiger partial charge in [0, 0.05) is 23.1 Å². The Kier molecular flexibility index (Phi) is 8.61. The number of carbonyl (C=O) groups is 2. The number of para-hydroxylation sites is 1. The van der Waals surface area contributed by atoms with Gasteiger partial charge < -0.3 is 15.0 Å². The van der Waals surface area contributed by atoms with Gasteiger partial charge in [-0.15, -0.1) is 0 Å². The zero-order valence-electron chi connectivity index (χ0n) is 16.0. The van der Waals surface area contributed by atoms with E-state index in [0.29, 0.717) is 27.9 Å². The van der Waals surface area contributed by atoms with E-state index in [-0.39, 0.29) is 25.0 Å². The maximum absolute atomic E-state index is 12.9. The molecule has 2 aromatic rings. The predicted octanol–water partition coefficient (Wildman–Crippen LogP) is 4.32. The number of nitrogens with zero attached hydrogens (tertiary/aromatic N) is 1. The van der Waals surface area contributed by atoms with Crippen molar-refractivity contribution in [1.82, 2.24) is 10.2 Å². The van der Waals surface area contributed by atoms with Crippen LogP contribution in [0.5, 0.6) is 5.75 Å². The first-order chi connectivity index (χ1) is 13.4. The zero-order valence-corrected chi connectivity index (χ0v) is 17.5. The molecule has 5 nitrogen and oxygen atoms in total. The highest BCUT2D eigenvalue weighted by Gasteiger charge is 2.27. The number of hydrogen-bond donors (Lipinski definition) is 1. The Bertz CT molecular complexity index is 799. The SMILES string of the molecule is CCCNC(=O)[C@@H](C)N(Cc1ccc(Cl)cc1Cl)C(=O)COc1ccccc1. The second kappa shape index (κ2) is 10.9. The van der Waals surface area contributed by atoms with E-state index >= 15 is 0 Å². The fourth-order valence-electron chi connectivity index (χ4n) is 2.56. The lowest BCUT2D eigenvalue weighted by molar-refractivity contribution is -0.142. The number of halogens is 2. The molecule has 0 heterocycles. The van der Waals surface area contributed by atoms with Crippen LogP contribution >= 0.6 is 23.2 Å². The number of ether oxygens (including phenoxy) is 1. The summed E-state index contributed by atoms with van der Waals surface area (Å²) in [5.41, 5.74) is 0.703. The van der Waals surface area contributed by atoms with E-state index in [4.69, 9.17) is 27.9 Å². The van der Waals surface area contributed by atoms with Gasteiger partial charge in [0.05, 0.1) is 0 Å². The second-order valence-electron chi connectivity index (χ2n) is 6.33. The number of amides is 2. The molecule has 0 unspecified atom stereocenters. The van der Waals surface area contributed by atoms with E-state index < -0.39 is 6.04 Å². The van der Waals surface area contributed by atoms with Crippen molar-refractivity contribution in [3.05, 3.63) is 64.1 Å². The number of nitrogens with one attached hydrogen (secondary N) is 1. The maximum atomic E-state index is 12.9. The molecule has 2 aromatic carbocycles. The third-order valence-electron chi connectivity index (χ3n) is 4.18. The molecule has 0 bridgehead atoms. The molecule has 150 valence electrons. The van der Waals surface area contributed by atoms with Gasteiger partial charge in [0.15, 0.2) is 6.61 Å². The largest absolute Gasteiger partial charge is 0.484 e. The number of benzene rings is 2. The fraction of sp³-hybridized carbons (Fsp3) is 0.333. The molecule has 0 spiro atoms. The molecule has 0 saturated carbocycles. The van der Waals surface area contributed by atoms with Gasteiger partial charge in [-0.05, 0) is 43.2 Å². The molecular weight excluding hydrogens is 399 g/mol. The minimum absolute atomic E-state index is 0.174. The molecule has 7 heteroatoms. The first-order valence-corrected chi connectivity index (χ1v) is 9.87. The van der Waals surface area contributed by atoms with Crippen LogP contribution in [0.3, 0.4) is 0 Å². The molecule has 0 aliphatic heterocycles. The van der Waals surface area contributed by atoms with Crippen molar-refractivity contribution < 1.29 is 14.3 Å². The summed E-state index contributed by atoms with van der Waals surface area (Å²) < 4.78 is 5.57. The van der Waals surface area contributed by atoms with Crippen LogP contribution in [0.1, 0.15) is 25.8 Å². The lowest BCUT2D eigenvalue weighted by atomic mass is 10.1. The lowest BCUT2D eigenvalue weighted by Crippen LogP contribution is -2.49. The molecule has 2 amide bonds. The van der Waals surface area contributed by atoms with Crippen molar-refractivity contribution in [2.24, 2.45) is 0 Å². The summed E-state index contributed by atoms with van der Waals surface area (Å²) in [6.07, 6.45) is 0.812. The first kappa shape index (κ1) is 22.1. The molecule has 0 fully saturated rings. The Morgan fingerprint density at radius 1 is 1.14 bits per heavy atom. The minimum Gasteiger partial charge on any atom is -0.484 e. The molecule has 1 atom stereocenters. The molecule has 0 radical (unpaired) electrons. The van der Waals surface area contributed by atoms with Crippen LogP contribution in [-0.4, -0.2) is 35.9 Å². The molecule has 2 rings (SSSR count). The van der Waals surface area contributed by atoms with Gasteiger partial charge in [-0.25, -0.2) is 0 Å². The lowest BCUT2D eigenvalue weighted by Gasteiger charge is -2.29. The Morgan fingerprint density at radius 2 is 1.86 bits per heavy atom. The van der Waals surface area contributed by atoms with Crippen LogP contribution in [0.4, 0.5) is 0 Å². The van der Waals surface area contributed by atoms with E-state index in [9.17, 15) is 9.59 Å². The highest BCUT2D eigenvalue weighted by Crippen LogP contribution is 2.23. The van der Waals surface area contributed by atoms with Crippen LogP contribution < -0.4 is 10.1 Å². The molecule has 0 aromatic heterocycles. The van der Waals surface area contributed by atoms with E-state index in [1.165, 1.54) is 4.90 Å². The third kappa shape index (κ3) is 6.43. The monoisotopic (exact) mass is 422 g/mol. The minimum atomic E-state index is -0.676. The molecule has 1 N–H and O–H groups in total. The van der Waals surface area contributed by atoms with Gasteiger partial charge in [-0.3, -0.25) is 9.59 Å². The number of hydrogen-bond acceptors (Lipinski definition) is 3. The van der Waals surface area contributed by atoms with Crippen LogP contribution in [0.15, 0.2) is 48.5 Å². The molecule has 28 heavy (non-hydrogen) atoms. The Labute approximate surface area is 175 Å². The standard InChI is InChI=1S/C21H24Cl2N2O3/c1-3-11-24-21(27)15(2)25(13-16-9-10-17(22)12-19(16)23)20(26)14-28-18-7-5-4-6-8-18/h4-10,12,15H,3,11,13-14H2,1-2H3,(H,24,27)/t15-/m1/s1. The second-order valence-corrected chi connectivity index (χ2v) is 7.17. The van der Waals surface area contributed by atoms with Gasteiger partial charge in [-0.1, -0.05) is 54.4 Å². The van der Waals surface area contributed by atoms with Crippen LogP contribution in [-0.2, 0) is 16.1 Å². The summed E-state index contributed by atoms with van der Waals surface area (Å²) in [5, 5.41) is 3.77. The van der Waals surface area contributed by atoms with Gasteiger partial charge in [0.25, 0.3) is 5.91 Å². The molecule has 0 saturated heterocycles. The Morgan fingerprint density at radius 3 is 2.50 bits per heavy atom. The van der Waals surface area contributed by atoms with Crippen molar-refractivity contribution in [1.29, 1.82) is 0 Å². The summed E-state index contributed by atoms with van der Waals surface area (Å²) >= 11 is 12.2. The average Bonchev–Trinajstić information content (AvgIpc) is 2.70. The molecule has 0 aliphatic carbocycles. The summed E-state index contributed by atoms with van der Waals surface area (Å²) in [6, 6.07) is 13.4. The third-order valence-corrected chi connectivity index (χ3v) is 4.76. The summed E-state index contributed by atoms with van der Waals surface area (Å²) in [5.74, 6) is 0.0532. The predicted molar refractivity (Wildman–Crippen MR) is 112 cm³/mol. The van der Waals surface area contributed by atoms with Gasteiger partial charge in [0.1, 0.15) is 11.8 Å². The van der Waals surface area contributed by atoms with E-state index in [0.717, 1.165) is 6.42 Å². The topological polar surface area (TPSA) is 58.6 Å². The average molecular weight is 423 g/mol. The van der Waals surface area contributed by atoms with E-state index in [1.807, 2.05) is 25.1 Å². The molecular formula is C21H24Cl2N2O3. The molecule has 0 aliphatic rings. The summed E-state index contributed by atoms with van der Waals surface area (Å²) in [7, 11) is 0. The maximum Gasteiger partial charge on any atom is 0.261 e. The van der Waals surface area contributed by atoms with Gasteiger partial charge in [-0.2, -0.15) is 0 Å². The van der Waals surface area contributed by atoms with E-state index in [2.05, 4.69) is 5.32 Å². The van der Waals surface area contributed by atoms with Crippen molar-refractivity contribution >= 4 is 35.0 Å². The quantitative estimate of drug-likeness (QED) is 0.654. The van der Waals surface area contributed by atoms with Crippen molar-refractivity contribution in [3.63, 3.8) is 0 Å². The van der Waals surface area contributed by atoms with Crippen molar-refractivity contribution in [3.8, 4) is 5.75 Å². The van der Waals surface area contributed by atoms with Crippen LogP contribution in [0, 0.1) is 0 Å². The highest BCUT2D eigenvalue weighted by atomic mass is 35.5. The van der Waals surface area contributed by atoms with Gasteiger partial charge >= 0.3 is 0 Å². The summed E-state index contributed by atoms with van der Waals surface area (Å²) in [4.78, 5) is 26.8. The summed E-state index contributed by atoms with van der Waals surface area (Å²) in [6.45, 7) is 4.20. The Hall–Kier alpha value is -2.24.